The summed E-state index contributed by atoms with van der Waals surface area (Å²) in [5.74, 6) is 0.681. The van der Waals surface area contributed by atoms with E-state index in [9.17, 15) is 13.2 Å². The van der Waals surface area contributed by atoms with Crippen molar-refractivity contribution in [3.8, 4) is 11.8 Å². The molecule has 0 spiro atoms. The highest BCUT2D eigenvalue weighted by molar-refractivity contribution is 5.64. The summed E-state index contributed by atoms with van der Waals surface area (Å²) >= 11 is 0. The minimum absolute atomic E-state index is 0.0287. The van der Waals surface area contributed by atoms with Crippen LogP contribution in [0, 0.1) is 5.92 Å². The lowest BCUT2D eigenvalue weighted by Gasteiger charge is -2.23. The third-order valence-corrected chi connectivity index (χ3v) is 4.73. The Balaban J connectivity index is 1.90. The topological polar surface area (TPSA) is 47.5 Å². The number of nitrogens with zero attached hydrogens (tertiary/aromatic N) is 3. The number of anilines is 2. The molecule has 0 N–H and O–H groups in total. The monoisotopic (exact) mass is 409 g/mol. The van der Waals surface area contributed by atoms with Crippen LogP contribution in [-0.4, -0.2) is 29.7 Å². The molecule has 1 aromatic heterocycles. The Kier molecular flexibility index (Phi) is 6.49. The average Bonchev–Trinajstić information content (AvgIpc) is 3.18. The number of alkyl halides is 3. The summed E-state index contributed by atoms with van der Waals surface area (Å²) in [6.45, 7) is 4.57. The van der Waals surface area contributed by atoms with Crippen molar-refractivity contribution in [2.24, 2.45) is 5.92 Å². The molecule has 1 aromatic carbocycles. The Labute approximate surface area is 168 Å². The molecule has 1 saturated carbocycles. The molecule has 1 aliphatic rings. The third-order valence-electron chi connectivity index (χ3n) is 4.73. The average molecular weight is 409 g/mol. The van der Waals surface area contributed by atoms with Crippen LogP contribution >= 0.6 is 0 Å². The fourth-order valence-corrected chi connectivity index (χ4v) is 3.19. The lowest BCUT2D eigenvalue weighted by atomic mass is 10.2. The molecule has 0 amide bonds. The number of rotatable bonds is 7. The second-order valence-electron chi connectivity index (χ2n) is 7.67. The van der Waals surface area contributed by atoms with Crippen LogP contribution in [0.2, 0.25) is 0 Å². The van der Waals surface area contributed by atoms with Gasteiger partial charge in [-0.2, -0.15) is 18.2 Å². The van der Waals surface area contributed by atoms with Gasteiger partial charge in [-0.25, -0.2) is 4.98 Å². The number of benzene rings is 1. The van der Waals surface area contributed by atoms with Gasteiger partial charge in [0.1, 0.15) is 17.4 Å². The standard InChI is InChI=1S/C21H26F3N3O2/c1-14(2)13-28-17-10-6-7-15(11-17)27(3)19-18(21(22,23)24)12-25-20(26-19)29-16-8-4-5-9-16/h6-7,10-12,14,16H,4-5,8-9,13H2,1-3H3. The zero-order valence-corrected chi connectivity index (χ0v) is 16.9. The van der Waals surface area contributed by atoms with Crippen molar-refractivity contribution >= 4 is 11.5 Å². The fourth-order valence-electron chi connectivity index (χ4n) is 3.19. The summed E-state index contributed by atoms with van der Waals surface area (Å²) in [4.78, 5) is 9.30. The first kappa shape index (κ1) is 21.2. The molecule has 1 heterocycles. The van der Waals surface area contributed by atoms with E-state index >= 15 is 0 Å². The maximum atomic E-state index is 13.6. The van der Waals surface area contributed by atoms with Gasteiger partial charge in [0.2, 0.25) is 0 Å². The molecule has 0 bridgehead atoms. The number of hydrogen-bond donors (Lipinski definition) is 0. The van der Waals surface area contributed by atoms with Crippen LogP contribution in [0.5, 0.6) is 11.8 Å². The highest BCUT2D eigenvalue weighted by Crippen LogP contribution is 2.38. The molecule has 1 aliphatic carbocycles. The van der Waals surface area contributed by atoms with Gasteiger partial charge in [-0.3, -0.25) is 0 Å². The first-order valence-corrected chi connectivity index (χ1v) is 9.81. The van der Waals surface area contributed by atoms with Crippen LogP contribution in [0.3, 0.4) is 0 Å². The quantitative estimate of drug-likeness (QED) is 0.594. The molecule has 29 heavy (non-hydrogen) atoms. The number of aromatic nitrogens is 2. The lowest BCUT2D eigenvalue weighted by Crippen LogP contribution is -2.21. The highest BCUT2D eigenvalue weighted by atomic mass is 19.4. The predicted octanol–water partition coefficient (Wildman–Crippen LogP) is 5.62. The Morgan fingerprint density at radius 2 is 1.93 bits per heavy atom. The number of hydrogen-bond acceptors (Lipinski definition) is 5. The summed E-state index contributed by atoms with van der Waals surface area (Å²) in [6, 6.07) is 6.90. The van der Waals surface area contributed by atoms with Crippen molar-refractivity contribution in [1.82, 2.24) is 9.97 Å². The van der Waals surface area contributed by atoms with Gasteiger partial charge in [-0.05, 0) is 43.7 Å². The minimum Gasteiger partial charge on any atom is -0.493 e. The summed E-state index contributed by atoms with van der Waals surface area (Å²) in [5.41, 5.74) is -0.380. The Bertz CT molecular complexity index is 821. The van der Waals surface area contributed by atoms with Crippen LogP contribution in [0.4, 0.5) is 24.7 Å². The van der Waals surface area contributed by atoms with E-state index in [1.807, 2.05) is 13.8 Å². The van der Waals surface area contributed by atoms with Gasteiger partial charge in [-0.15, -0.1) is 0 Å². The van der Waals surface area contributed by atoms with Crippen LogP contribution in [0.25, 0.3) is 0 Å². The van der Waals surface area contributed by atoms with Crippen molar-refractivity contribution in [2.45, 2.75) is 51.8 Å². The smallest absolute Gasteiger partial charge is 0.421 e. The molecule has 8 heteroatoms. The van der Waals surface area contributed by atoms with Crippen molar-refractivity contribution in [1.29, 1.82) is 0 Å². The second-order valence-corrected chi connectivity index (χ2v) is 7.67. The Hall–Kier alpha value is -2.51. The van der Waals surface area contributed by atoms with E-state index in [1.54, 1.807) is 31.3 Å². The van der Waals surface area contributed by atoms with Crippen molar-refractivity contribution in [3.05, 3.63) is 36.0 Å². The van der Waals surface area contributed by atoms with Crippen molar-refractivity contribution in [3.63, 3.8) is 0 Å². The lowest BCUT2D eigenvalue weighted by molar-refractivity contribution is -0.137. The fraction of sp³-hybridized carbons (Fsp3) is 0.524. The van der Waals surface area contributed by atoms with Gasteiger partial charge in [-0.1, -0.05) is 19.9 Å². The maximum Gasteiger partial charge on any atom is 0.421 e. The zero-order chi connectivity index (χ0) is 21.0. The normalized spacial score (nSPS) is 15.0. The van der Waals surface area contributed by atoms with E-state index in [0.717, 1.165) is 31.9 Å². The molecule has 5 nitrogen and oxygen atoms in total. The van der Waals surface area contributed by atoms with E-state index in [-0.39, 0.29) is 17.9 Å². The number of halogens is 3. The SMILES string of the molecule is CC(C)COc1cccc(N(C)c2nc(OC3CCCC3)ncc2C(F)(F)F)c1. The molecule has 2 aromatic rings. The van der Waals surface area contributed by atoms with Crippen molar-refractivity contribution < 1.29 is 22.6 Å². The third kappa shape index (κ3) is 5.52. The molecule has 0 saturated heterocycles. The Morgan fingerprint density at radius 1 is 1.21 bits per heavy atom. The maximum absolute atomic E-state index is 13.6. The van der Waals surface area contributed by atoms with E-state index < -0.39 is 11.7 Å². The predicted molar refractivity (Wildman–Crippen MR) is 105 cm³/mol. The summed E-state index contributed by atoms with van der Waals surface area (Å²) < 4.78 is 52.1. The molecule has 0 aliphatic heterocycles. The van der Waals surface area contributed by atoms with E-state index in [0.29, 0.717) is 24.0 Å². The number of ether oxygens (including phenoxy) is 2. The summed E-state index contributed by atoms with van der Waals surface area (Å²) in [6.07, 6.45) is -0.0146. The van der Waals surface area contributed by atoms with Crippen LogP contribution in [0.1, 0.15) is 45.1 Å². The van der Waals surface area contributed by atoms with E-state index in [2.05, 4.69) is 9.97 Å². The molecule has 158 valence electrons. The highest BCUT2D eigenvalue weighted by Gasteiger charge is 2.37. The van der Waals surface area contributed by atoms with Gasteiger partial charge in [0.05, 0.1) is 6.61 Å². The molecule has 0 atom stereocenters. The zero-order valence-electron chi connectivity index (χ0n) is 16.9. The van der Waals surface area contributed by atoms with Gasteiger partial charge < -0.3 is 14.4 Å². The van der Waals surface area contributed by atoms with E-state index in [1.165, 1.54) is 4.90 Å². The first-order chi connectivity index (χ1) is 13.7. The molecular weight excluding hydrogens is 383 g/mol. The van der Waals surface area contributed by atoms with Gasteiger partial charge in [0, 0.05) is 25.0 Å². The van der Waals surface area contributed by atoms with Crippen molar-refractivity contribution in [2.75, 3.05) is 18.6 Å². The largest absolute Gasteiger partial charge is 0.493 e. The van der Waals surface area contributed by atoms with Gasteiger partial charge in [0.25, 0.3) is 0 Å². The van der Waals surface area contributed by atoms with Crippen LogP contribution < -0.4 is 14.4 Å². The molecule has 3 rings (SSSR count). The summed E-state index contributed by atoms with van der Waals surface area (Å²) in [5, 5.41) is 0. The second kappa shape index (κ2) is 8.88. The van der Waals surface area contributed by atoms with Crippen LogP contribution in [0.15, 0.2) is 30.5 Å². The molecule has 0 radical (unpaired) electrons. The molecule has 0 unspecified atom stereocenters. The van der Waals surface area contributed by atoms with E-state index in [4.69, 9.17) is 9.47 Å². The van der Waals surface area contributed by atoms with Gasteiger partial charge in [0.15, 0.2) is 5.82 Å². The first-order valence-electron chi connectivity index (χ1n) is 9.81. The van der Waals surface area contributed by atoms with Gasteiger partial charge >= 0.3 is 12.2 Å². The Morgan fingerprint density at radius 3 is 2.59 bits per heavy atom. The van der Waals surface area contributed by atoms with Crippen LogP contribution in [-0.2, 0) is 6.18 Å². The molecule has 1 fully saturated rings. The minimum atomic E-state index is -4.58. The summed E-state index contributed by atoms with van der Waals surface area (Å²) in [7, 11) is 1.54. The molecular formula is C21H26F3N3O2.